The van der Waals surface area contributed by atoms with Crippen molar-refractivity contribution in [1.29, 1.82) is 0 Å². The Morgan fingerprint density at radius 1 is 0.350 bits per heavy atom. The lowest BCUT2D eigenvalue weighted by atomic mass is 10.1. The summed E-state index contributed by atoms with van der Waals surface area (Å²) >= 11 is 0. The molecule has 0 saturated carbocycles. The van der Waals surface area contributed by atoms with Gasteiger partial charge in [-0.2, -0.15) is 0 Å². The Hall–Kier alpha value is -3.41. The van der Waals surface area contributed by atoms with Crippen molar-refractivity contribution in [2.75, 3.05) is 13.2 Å². The first kappa shape index (κ1) is 56.6. The summed E-state index contributed by atoms with van der Waals surface area (Å²) in [5, 5.41) is 0. The lowest BCUT2D eigenvalue weighted by Gasteiger charge is -2.18. The van der Waals surface area contributed by atoms with Gasteiger partial charge in [-0.05, 0) is 96.3 Å². The van der Waals surface area contributed by atoms with Gasteiger partial charge >= 0.3 is 17.9 Å². The van der Waals surface area contributed by atoms with E-state index >= 15 is 0 Å². The minimum absolute atomic E-state index is 0.106. The Bertz CT molecular complexity index is 1190. The zero-order valence-corrected chi connectivity index (χ0v) is 38.9. The summed E-state index contributed by atoms with van der Waals surface area (Å²) in [6.45, 7) is 6.38. The molecule has 1 atom stereocenters. The van der Waals surface area contributed by atoms with Crippen molar-refractivity contribution in [3.05, 3.63) is 85.1 Å². The van der Waals surface area contributed by atoms with Gasteiger partial charge in [-0.15, -0.1) is 0 Å². The summed E-state index contributed by atoms with van der Waals surface area (Å²) in [5.41, 5.74) is 0. The van der Waals surface area contributed by atoms with E-state index in [0.29, 0.717) is 19.3 Å². The van der Waals surface area contributed by atoms with E-state index < -0.39 is 6.10 Å². The molecule has 0 spiro atoms. The number of allylic oxidation sites excluding steroid dienone is 14. The Morgan fingerprint density at radius 2 is 0.700 bits per heavy atom. The molecule has 0 heterocycles. The molecule has 0 N–H and O–H groups in total. The van der Waals surface area contributed by atoms with Crippen LogP contribution in [0.3, 0.4) is 0 Å². The van der Waals surface area contributed by atoms with Gasteiger partial charge in [0.1, 0.15) is 13.2 Å². The number of ether oxygens (including phenoxy) is 3. The van der Waals surface area contributed by atoms with Gasteiger partial charge in [0, 0.05) is 19.3 Å². The molecule has 0 aliphatic carbocycles. The number of rotatable bonds is 43. The van der Waals surface area contributed by atoms with Crippen LogP contribution in [0.25, 0.3) is 0 Å². The van der Waals surface area contributed by atoms with Crippen LogP contribution in [0, 0.1) is 0 Å². The second-order valence-electron chi connectivity index (χ2n) is 16.0. The molecule has 0 aromatic carbocycles. The number of carbonyl (C=O) groups excluding carboxylic acids is 3. The molecule has 0 amide bonds. The highest BCUT2D eigenvalue weighted by Crippen LogP contribution is 2.13. The van der Waals surface area contributed by atoms with E-state index in [0.717, 1.165) is 83.5 Å². The number of carbonyl (C=O) groups is 3. The second-order valence-corrected chi connectivity index (χ2v) is 16.0. The van der Waals surface area contributed by atoms with Gasteiger partial charge in [0.25, 0.3) is 0 Å². The van der Waals surface area contributed by atoms with Gasteiger partial charge in [0.05, 0.1) is 0 Å². The highest BCUT2D eigenvalue weighted by molar-refractivity contribution is 5.71. The van der Waals surface area contributed by atoms with Crippen LogP contribution in [0.5, 0.6) is 0 Å². The lowest BCUT2D eigenvalue weighted by Crippen LogP contribution is -2.30. The average molecular weight is 835 g/mol. The van der Waals surface area contributed by atoms with Crippen molar-refractivity contribution in [1.82, 2.24) is 0 Å². The van der Waals surface area contributed by atoms with Gasteiger partial charge in [0.15, 0.2) is 6.10 Å². The third-order valence-electron chi connectivity index (χ3n) is 10.1. The summed E-state index contributed by atoms with van der Waals surface area (Å²) in [5.74, 6) is -1.01. The predicted molar refractivity (Wildman–Crippen MR) is 256 cm³/mol. The number of hydrogen-bond acceptors (Lipinski definition) is 6. The van der Waals surface area contributed by atoms with Crippen LogP contribution in [-0.4, -0.2) is 37.2 Å². The number of esters is 3. The summed E-state index contributed by atoms with van der Waals surface area (Å²) in [7, 11) is 0. The molecule has 0 rings (SSSR count). The van der Waals surface area contributed by atoms with Gasteiger partial charge in [-0.25, -0.2) is 0 Å². The molecule has 0 radical (unpaired) electrons. The molecule has 0 aromatic rings. The maximum atomic E-state index is 12.8. The summed E-state index contributed by atoms with van der Waals surface area (Å²) in [6, 6.07) is 0. The fourth-order valence-corrected chi connectivity index (χ4v) is 6.41. The first-order valence-corrected chi connectivity index (χ1v) is 24.6. The minimum atomic E-state index is -0.810. The normalized spacial score (nSPS) is 12.8. The molecular formula is C54H90O6. The molecule has 6 heteroatoms. The Morgan fingerprint density at radius 3 is 1.17 bits per heavy atom. The van der Waals surface area contributed by atoms with E-state index in [1.807, 2.05) is 12.2 Å². The highest BCUT2D eigenvalue weighted by Gasteiger charge is 2.19. The monoisotopic (exact) mass is 835 g/mol. The Balaban J connectivity index is 4.50. The zero-order chi connectivity index (χ0) is 43.7. The molecule has 342 valence electrons. The van der Waals surface area contributed by atoms with Crippen molar-refractivity contribution in [2.45, 2.75) is 226 Å². The van der Waals surface area contributed by atoms with E-state index in [-0.39, 0.29) is 37.5 Å². The molecule has 0 aliphatic rings. The van der Waals surface area contributed by atoms with Gasteiger partial charge in [-0.1, -0.05) is 189 Å². The molecule has 0 aromatic heterocycles. The van der Waals surface area contributed by atoms with Crippen LogP contribution >= 0.6 is 0 Å². The SMILES string of the molecule is CC/C=C\C/C=C\C/C=C\C/C=C\C/C=C\CCC(=O)OCC(COC(=O)CCCCCCC/C=C\CCCC)OC(=O)CCCCCCCCC/C=C\CCCCCC. The molecule has 6 nitrogen and oxygen atoms in total. The molecule has 0 bridgehead atoms. The molecule has 0 aliphatic heterocycles. The van der Waals surface area contributed by atoms with Gasteiger partial charge in [-0.3, -0.25) is 14.4 Å². The largest absolute Gasteiger partial charge is 0.462 e. The molecular weight excluding hydrogens is 745 g/mol. The van der Waals surface area contributed by atoms with Crippen LogP contribution in [0.2, 0.25) is 0 Å². The van der Waals surface area contributed by atoms with Gasteiger partial charge < -0.3 is 14.2 Å². The smallest absolute Gasteiger partial charge is 0.306 e. The van der Waals surface area contributed by atoms with Crippen LogP contribution in [-0.2, 0) is 28.6 Å². The van der Waals surface area contributed by atoms with Crippen molar-refractivity contribution in [2.24, 2.45) is 0 Å². The molecule has 0 saturated heterocycles. The van der Waals surface area contributed by atoms with Crippen molar-refractivity contribution in [3.8, 4) is 0 Å². The predicted octanol–water partition coefficient (Wildman–Crippen LogP) is 16.0. The highest BCUT2D eigenvalue weighted by atomic mass is 16.6. The van der Waals surface area contributed by atoms with Crippen LogP contribution in [0.1, 0.15) is 220 Å². The first-order chi connectivity index (χ1) is 29.5. The third kappa shape index (κ3) is 45.7. The van der Waals surface area contributed by atoms with Crippen molar-refractivity contribution < 1.29 is 28.6 Å². The fourth-order valence-electron chi connectivity index (χ4n) is 6.41. The van der Waals surface area contributed by atoms with E-state index in [1.54, 1.807) is 0 Å². The van der Waals surface area contributed by atoms with Crippen LogP contribution < -0.4 is 0 Å². The fraction of sp³-hybridized carbons (Fsp3) is 0.685. The Labute approximate surface area is 369 Å². The average Bonchev–Trinajstić information content (AvgIpc) is 3.24. The maximum Gasteiger partial charge on any atom is 0.306 e. The third-order valence-corrected chi connectivity index (χ3v) is 10.1. The lowest BCUT2D eigenvalue weighted by molar-refractivity contribution is -0.166. The topological polar surface area (TPSA) is 78.9 Å². The Kier molecular flexibility index (Phi) is 45.5. The minimum Gasteiger partial charge on any atom is -0.462 e. The molecule has 1 unspecified atom stereocenters. The van der Waals surface area contributed by atoms with E-state index in [2.05, 4.69) is 93.7 Å². The van der Waals surface area contributed by atoms with Crippen molar-refractivity contribution >= 4 is 17.9 Å². The summed E-state index contributed by atoms with van der Waals surface area (Å²) < 4.78 is 16.7. The van der Waals surface area contributed by atoms with Crippen LogP contribution in [0.15, 0.2) is 85.1 Å². The van der Waals surface area contributed by atoms with Crippen molar-refractivity contribution in [3.63, 3.8) is 0 Å². The van der Waals surface area contributed by atoms with E-state index in [9.17, 15) is 14.4 Å². The quantitative estimate of drug-likeness (QED) is 0.0263. The second kappa shape index (κ2) is 48.3. The summed E-state index contributed by atoms with van der Waals surface area (Å²) in [6.07, 6.45) is 61.5. The van der Waals surface area contributed by atoms with E-state index in [4.69, 9.17) is 14.2 Å². The van der Waals surface area contributed by atoms with Gasteiger partial charge in [0.2, 0.25) is 0 Å². The summed E-state index contributed by atoms with van der Waals surface area (Å²) in [4.78, 5) is 37.8. The number of unbranched alkanes of at least 4 members (excludes halogenated alkanes) is 18. The standard InChI is InChI=1S/C54H90O6/c1-4-7-10-13-16-19-22-24-26-28-29-32-35-38-41-44-47-53(56)59-50-51(49-58-52(55)46-43-40-37-34-31-21-18-15-12-9-6-3)60-54(57)48-45-42-39-36-33-30-27-25-23-20-17-14-11-8-5-2/h7,10,15-16,18-20,23-24,26,29,32,38,41,51H,4-6,8-9,11-14,17,21-22,25,27-28,30-31,33-37,39-40,42-50H2,1-3H3/b10-7-,18-15-,19-16-,23-20-,26-24-,32-29-,41-38-. The first-order valence-electron chi connectivity index (χ1n) is 24.6. The van der Waals surface area contributed by atoms with E-state index in [1.165, 1.54) is 89.9 Å². The molecule has 60 heavy (non-hydrogen) atoms. The zero-order valence-electron chi connectivity index (χ0n) is 38.9. The maximum absolute atomic E-state index is 12.8. The molecule has 0 fully saturated rings. The van der Waals surface area contributed by atoms with Crippen LogP contribution in [0.4, 0.5) is 0 Å². The number of hydrogen-bond donors (Lipinski definition) is 0.